The number of aliphatic hydroxyl groups is 1. The Labute approximate surface area is 110 Å². The van der Waals surface area contributed by atoms with Gasteiger partial charge in [0.15, 0.2) is 0 Å². The summed E-state index contributed by atoms with van der Waals surface area (Å²) in [6, 6.07) is 0. The van der Waals surface area contributed by atoms with E-state index in [2.05, 4.69) is 25.7 Å². The summed E-state index contributed by atoms with van der Waals surface area (Å²) in [7, 11) is 1.64. The Hall–Kier alpha value is -0.200. The molecule has 1 N–H and O–H groups in total. The summed E-state index contributed by atoms with van der Waals surface area (Å²) in [6.45, 7) is 10.0. The molecule has 0 amide bonds. The minimum Gasteiger partial charge on any atom is -0.389 e. The fraction of sp³-hybridized carbons (Fsp3) is 1.00. The molecule has 1 aliphatic heterocycles. The van der Waals surface area contributed by atoms with E-state index >= 15 is 0 Å². The lowest BCUT2D eigenvalue weighted by Gasteiger charge is -2.42. The molecule has 0 aromatic heterocycles. The first-order valence-corrected chi connectivity index (χ1v) is 6.58. The Balaban J connectivity index is 2.24. The number of hydrogen-bond donors (Lipinski definition) is 1. The molecule has 0 aromatic rings. The van der Waals surface area contributed by atoms with Crippen LogP contribution in [-0.4, -0.2) is 74.4 Å². The highest BCUT2D eigenvalue weighted by atomic mass is 16.5. The highest BCUT2D eigenvalue weighted by Gasteiger charge is 2.31. The molecule has 1 rings (SSSR count). The van der Waals surface area contributed by atoms with Crippen LogP contribution in [0.4, 0.5) is 0 Å². The molecule has 2 atom stereocenters. The van der Waals surface area contributed by atoms with Crippen molar-refractivity contribution >= 4 is 0 Å². The normalized spacial score (nSPS) is 26.2. The molecular formula is C13H27NO4. The molecular weight excluding hydrogens is 234 g/mol. The lowest BCUT2D eigenvalue weighted by molar-refractivity contribution is -0.136. The van der Waals surface area contributed by atoms with Gasteiger partial charge in [-0.1, -0.05) is 0 Å². The highest BCUT2D eigenvalue weighted by Crippen LogP contribution is 2.20. The molecule has 0 bridgehead atoms. The van der Waals surface area contributed by atoms with Crippen molar-refractivity contribution < 1.29 is 19.3 Å². The Morgan fingerprint density at radius 1 is 1.44 bits per heavy atom. The summed E-state index contributed by atoms with van der Waals surface area (Å²) in [5.74, 6) is 0. The Kier molecular flexibility index (Phi) is 6.52. The maximum absolute atomic E-state index is 9.91. The number of methoxy groups -OCH3 is 1. The second-order valence-corrected chi connectivity index (χ2v) is 5.60. The van der Waals surface area contributed by atoms with E-state index in [9.17, 15) is 5.11 Å². The van der Waals surface area contributed by atoms with Gasteiger partial charge in [-0.2, -0.15) is 0 Å². The van der Waals surface area contributed by atoms with Crippen LogP contribution in [0, 0.1) is 0 Å². The molecule has 0 spiro atoms. The lowest BCUT2D eigenvalue weighted by Crippen LogP contribution is -2.53. The number of ether oxygens (including phenoxy) is 3. The van der Waals surface area contributed by atoms with E-state index in [0.29, 0.717) is 26.4 Å². The van der Waals surface area contributed by atoms with E-state index in [1.54, 1.807) is 7.11 Å². The van der Waals surface area contributed by atoms with Gasteiger partial charge in [-0.3, -0.25) is 4.90 Å². The standard InChI is InChI=1S/C13H27NO4/c1-11-7-14(10-13(2,3)18-11)8-12(15)9-17-6-5-16-4/h11-12,15H,5-10H2,1-4H3. The van der Waals surface area contributed by atoms with Crippen molar-refractivity contribution in [3.63, 3.8) is 0 Å². The summed E-state index contributed by atoms with van der Waals surface area (Å²) in [6.07, 6.45) is -0.252. The Bertz CT molecular complexity index is 235. The Morgan fingerprint density at radius 3 is 2.78 bits per heavy atom. The van der Waals surface area contributed by atoms with Gasteiger partial charge in [0.25, 0.3) is 0 Å². The average molecular weight is 261 g/mol. The number of morpholine rings is 1. The second-order valence-electron chi connectivity index (χ2n) is 5.60. The lowest BCUT2D eigenvalue weighted by atomic mass is 10.1. The molecule has 18 heavy (non-hydrogen) atoms. The van der Waals surface area contributed by atoms with Gasteiger partial charge in [0.1, 0.15) is 0 Å². The fourth-order valence-corrected chi connectivity index (χ4v) is 2.44. The minimum absolute atomic E-state index is 0.145. The maximum atomic E-state index is 9.91. The van der Waals surface area contributed by atoms with Gasteiger partial charge in [0.05, 0.1) is 37.6 Å². The summed E-state index contributed by atoms with van der Waals surface area (Å²) < 4.78 is 16.0. The third-order valence-corrected chi connectivity index (χ3v) is 2.85. The number of nitrogens with zero attached hydrogens (tertiary/aromatic N) is 1. The first-order chi connectivity index (χ1) is 8.43. The zero-order chi connectivity index (χ0) is 13.6. The van der Waals surface area contributed by atoms with Crippen molar-refractivity contribution in [1.82, 2.24) is 4.90 Å². The smallest absolute Gasteiger partial charge is 0.0900 e. The SMILES string of the molecule is COCCOCC(O)CN1CC(C)OC(C)(C)C1. The fourth-order valence-electron chi connectivity index (χ4n) is 2.44. The van der Waals surface area contributed by atoms with Gasteiger partial charge >= 0.3 is 0 Å². The van der Waals surface area contributed by atoms with Crippen LogP contribution < -0.4 is 0 Å². The zero-order valence-corrected chi connectivity index (χ0v) is 12.0. The van der Waals surface area contributed by atoms with Gasteiger partial charge in [-0.25, -0.2) is 0 Å². The van der Waals surface area contributed by atoms with E-state index in [1.807, 2.05) is 0 Å². The van der Waals surface area contributed by atoms with Crippen LogP contribution in [0.3, 0.4) is 0 Å². The molecule has 1 heterocycles. The number of aliphatic hydroxyl groups excluding tert-OH is 1. The third kappa shape index (κ3) is 6.11. The van der Waals surface area contributed by atoms with Crippen molar-refractivity contribution in [1.29, 1.82) is 0 Å². The highest BCUT2D eigenvalue weighted by molar-refractivity contribution is 4.83. The molecule has 1 saturated heterocycles. The van der Waals surface area contributed by atoms with Crippen LogP contribution in [0.25, 0.3) is 0 Å². The van der Waals surface area contributed by atoms with E-state index in [1.165, 1.54) is 0 Å². The van der Waals surface area contributed by atoms with E-state index in [-0.39, 0.29) is 11.7 Å². The first-order valence-electron chi connectivity index (χ1n) is 6.58. The van der Waals surface area contributed by atoms with E-state index in [0.717, 1.165) is 13.1 Å². The van der Waals surface area contributed by atoms with E-state index in [4.69, 9.17) is 14.2 Å². The second kappa shape index (κ2) is 7.40. The summed E-state index contributed by atoms with van der Waals surface area (Å²) in [4.78, 5) is 2.23. The van der Waals surface area contributed by atoms with Crippen LogP contribution in [0.15, 0.2) is 0 Å². The summed E-state index contributed by atoms with van der Waals surface area (Å²) in [5, 5.41) is 9.91. The zero-order valence-electron chi connectivity index (χ0n) is 12.0. The van der Waals surface area contributed by atoms with Gasteiger partial charge in [-0.05, 0) is 20.8 Å². The van der Waals surface area contributed by atoms with Crippen molar-refractivity contribution in [2.24, 2.45) is 0 Å². The molecule has 1 aliphatic rings. The number of rotatable bonds is 7. The van der Waals surface area contributed by atoms with Crippen LogP contribution in [0.2, 0.25) is 0 Å². The molecule has 0 radical (unpaired) electrons. The molecule has 108 valence electrons. The van der Waals surface area contributed by atoms with Crippen LogP contribution >= 0.6 is 0 Å². The largest absolute Gasteiger partial charge is 0.389 e. The van der Waals surface area contributed by atoms with E-state index < -0.39 is 6.10 Å². The minimum atomic E-state index is -0.456. The maximum Gasteiger partial charge on any atom is 0.0900 e. The monoisotopic (exact) mass is 261 g/mol. The topological polar surface area (TPSA) is 51.2 Å². The van der Waals surface area contributed by atoms with Crippen molar-refractivity contribution in [2.75, 3.05) is 46.6 Å². The molecule has 5 heteroatoms. The van der Waals surface area contributed by atoms with Crippen LogP contribution in [-0.2, 0) is 14.2 Å². The molecule has 2 unspecified atom stereocenters. The molecule has 5 nitrogen and oxygen atoms in total. The van der Waals surface area contributed by atoms with Crippen LogP contribution in [0.1, 0.15) is 20.8 Å². The quantitative estimate of drug-likeness (QED) is 0.677. The number of β-amino-alcohol motifs (C(OH)–C–C–N with tert-alkyl or cyclic N) is 1. The third-order valence-electron chi connectivity index (χ3n) is 2.85. The molecule has 0 aromatic carbocycles. The Morgan fingerprint density at radius 2 is 2.17 bits per heavy atom. The van der Waals surface area contributed by atoms with Gasteiger partial charge in [0, 0.05) is 26.7 Å². The first kappa shape index (κ1) is 15.9. The van der Waals surface area contributed by atoms with Crippen LogP contribution in [0.5, 0.6) is 0 Å². The summed E-state index contributed by atoms with van der Waals surface area (Å²) in [5.41, 5.74) is -0.145. The molecule has 0 saturated carbocycles. The van der Waals surface area contributed by atoms with Gasteiger partial charge < -0.3 is 19.3 Å². The van der Waals surface area contributed by atoms with Gasteiger partial charge in [-0.15, -0.1) is 0 Å². The predicted octanol–water partition coefficient (Wildman–Crippen LogP) is 0.510. The van der Waals surface area contributed by atoms with Crippen molar-refractivity contribution in [3.05, 3.63) is 0 Å². The molecule has 0 aliphatic carbocycles. The summed E-state index contributed by atoms with van der Waals surface area (Å²) >= 11 is 0. The average Bonchev–Trinajstić information content (AvgIpc) is 2.21. The number of hydrogen-bond acceptors (Lipinski definition) is 5. The van der Waals surface area contributed by atoms with Crippen molar-refractivity contribution in [3.8, 4) is 0 Å². The van der Waals surface area contributed by atoms with Gasteiger partial charge in [0.2, 0.25) is 0 Å². The van der Waals surface area contributed by atoms with Crippen molar-refractivity contribution in [2.45, 2.75) is 38.6 Å². The molecule has 1 fully saturated rings. The predicted molar refractivity (Wildman–Crippen MR) is 69.8 cm³/mol.